The van der Waals surface area contributed by atoms with Gasteiger partial charge in [-0.05, 0) is 85.5 Å². The number of aryl methyl sites for hydroxylation is 1. The highest BCUT2D eigenvalue weighted by Crippen LogP contribution is 2.31. The molecule has 0 aliphatic carbocycles. The predicted octanol–water partition coefficient (Wildman–Crippen LogP) is 6.97. The van der Waals surface area contributed by atoms with Crippen LogP contribution >= 0.6 is 0 Å². The van der Waals surface area contributed by atoms with Crippen LogP contribution in [0.2, 0.25) is 0 Å². The van der Waals surface area contributed by atoms with Gasteiger partial charge >= 0.3 is 0 Å². The Hall–Kier alpha value is -2.53. The molecule has 0 amide bonds. The van der Waals surface area contributed by atoms with Crippen molar-refractivity contribution in [2.45, 2.75) is 71.6 Å². The van der Waals surface area contributed by atoms with Crippen molar-refractivity contribution in [3.8, 4) is 11.1 Å². The second kappa shape index (κ2) is 11.9. The summed E-state index contributed by atoms with van der Waals surface area (Å²) in [6.45, 7) is 13.0. The van der Waals surface area contributed by atoms with Crippen LogP contribution in [0, 0.1) is 12.7 Å². The van der Waals surface area contributed by atoms with E-state index < -0.39 is 6.10 Å². The molecule has 2 N–H and O–H groups in total. The van der Waals surface area contributed by atoms with Crippen LogP contribution in [0.4, 0.5) is 4.39 Å². The fourth-order valence-corrected chi connectivity index (χ4v) is 4.35. The van der Waals surface area contributed by atoms with Crippen molar-refractivity contribution >= 4 is 0 Å². The van der Waals surface area contributed by atoms with Gasteiger partial charge < -0.3 is 15.2 Å². The van der Waals surface area contributed by atoms with E-state index in [1.807, 2.05) is 13.0 Å². The van der Waals surface area contributed by atoms with Crippen molar-refractivity contribution in [2.75, 3.05) is 13.2 Å². The molecule has 0 saturated carbocycles. The van der Waals surface area contributed by atoms with Crippen LogP contribution in [0.25, 0.3) is 11.1 Å². The monoisotopic (exact) mass is 477 g/mol. The van der Waals surface area contributed by atoms with E-state index in [9.17, 15) is 9.50 Å². The third kappa shape index (κ3) is 7.73. The molecule has 0 heterocycles. The van der Waals surface area contributed by atoms with Crippen molar-refractivity contribution < 1.29 is 14.2 Å². The predicted molar refractivity (Wildman–Crippen MR) is 143 cm³/mol. The number of halogens is 1. The van der Waals surface area contributed by atoms with E-state index >= 15 is 0 Å². The maximum absolute atomic E-state index is 13.9. The molecule has 4 heteroatoms. The molecular weight excluding hydrogens is 437 g/mol. The number of aliphatic hydroxyl groups excluding tert-OH is 1. The minimum atomic E-state index is -0.642. The fraction of sp³-hybridized carbons (Fsp3) is 0.419. The number of hydrogen-bond donors (Lipinski definition) is 2. The normalized spacial score (nSPS) is 13.7. The van der Waals surface area contributed by atoms with Crippen molar-refractivity contribution in [1.82, 2.24) is 5.32 Å². The van der Waals surface area contributed by atoms with Gasteiger partial charge in [0.2, 0.25) is 0 Å². The van der Waals surface area contributed by atoms with Crippen molar-refractivity contribution in [3.05, 3.63) is 94.8 Å². The molecule has 0 aliphatic heterocycles. The molecule has 3 nitrogen and oxygen atoms in total. The van der Waals surface area contributed by atoms with Crippen LogP contribution in [0.1, 0.15) is 68.9 Å². The average molecular weight is 478 g/mol. The number of rotatable bonds is 11. The van der Waals surface area contributed by atoms with Crippen LogP contribution in [-0.2, 0) is 11.2 Å². The molecule has 0 saturated heterocycles. The van der Waals surface area contributed by atoms with Crippen LogP contribution < -0.4 is 5.32 Å². The zero-order chi connectivity index (χ0) is 25.6. The Morgan fingerprint density at radius 3 is 2.43 bits per heavy atom. The molecule has 0 aliphatic rings. The Morgan fingerprint density at radius 2 is 1.71 bits per heavy atom. The summed E-state index contributed by atoms with van der Waals surface area (Å²) in [5.41, 5.74) is 6.14. The molecule has 1 unspecified atom stereocenters. The number of hydrogen-bond acceptors (Lipinski definition) is 3. The zero-order valence-corrected chi connectivity index (χ0v) is 21.9. The summed E-state index contributed by atoms with van der Waals surface area (Å²) in [5, 5.41) is 13.9. The lowest BCUT2D eigenvalue weighted by Gasteiger charge is -2.28. The summed E-state index contributed by atoms with van der Waals surface area (Å²) in [6.07, 6.45) is -0.116. The minimum Gasteiger partial charge on any atom is -0.389 e. The van der Waals surface area contributed by atoms with Gasteiger partial charge in [0.15, 0.2) is 0 Å². The van der Waals surface area contributed by atoms with Crippen LogP contribution in [0.3, 0.4) is 0 Å². The van der Waals surface area contributed by atoms with Gasteiger partial charge in [-0.25, -0.2) is 4.39 Å². The molecule has 3 rings (SSSR count). The molecular formula is C31H40FNO2. The van der Waals surface area contributed by atoms with Crippen molar-refractivity contribution in [2.24, 2.45) is 0 Å². The first-order valence-electron chi connectivity index (χ1n) is 12.5. The molecule has 3 aromatic rings. The quantitative estimate of drug-likeness (QED) is 0.313. The zero-order valence-electron chi connectivity index (χ0n) is 21.9. The fourth-order valence-electron chi connectivity index (χ4n) is 4.35. The first-order chi connectivity index (χ1) is 16.6. The molecule has 2 atom stereocenters. The van der Waals surface area contributed by atoms with Crippen molar-refractivity contribution in [1.29, 1.82) is 0 Å². The summed E-state index contributed by atoms with van der Waals surface area (Å²) in [5.74, 6) is 0.262. The summed E-state index contributed by atoms with van der Waals surface area (Å²) in [4.78, 5) is 0. The Balaban J connectivity index is 1.54. The van der Waals surface area contributed by atoms with Crippen LogP contribution in [0.15, 0.2) is 66.7 Å². The van der Waals surface area contributed by atoms with Gasteiger partial charge in [0.1, 0.15) is 5.82 Å². The van der Waals surface area contributed by atoms with Crippen molar-refractivity contribution in [3.63, 3.8) is 0 Å². The van der Waals surface area contributed by atoms with Gasteiger partial charge in [-0.3, -0.25) is 0 Å². The molecule has 0 bridgehead atoms. The van der Waals surface area contributed by atoms with E-state index in [-0.39, 0.29) is 24.1 Å². The van der Waals surface area contributed by atoms with Crippen LogP contribution in [0.5, 0.6) is 0 Å². The topological polar surface area (TPSA) is 41.5 Å². The first-order valence-corrected chi connectivity index (χ1v) is 12.5. The number of aliphatic hydroxyl groups is 1. The molecule has 188 valence electrons. The Bertz CT molecular complexity index is 1110. The summed E-state index contributed by atoms with van der Waals surface area (Å²) < 4.78 is 19.9. The van der Waals surface area contributed by atoms with E-state index in [4.69, 9.17) is 4.74 Å². The second-order valence-electron chi connectivity index (χ2n) is 10.5. The molecule has 0 radical (unpaired) electrons. The SMILES string of the molecule is Cc1ccc(CC(C)(C)NC[C@@H](O)COC(C)c2cccc(-c3ccccc3C(C)C)c2)cc1F. The lowest BCUT2D eigenvalue weighted by atomic mass is 9.91. The first kappa shape index (κ1) is 27.1. The van der Waals surface area contributed by atoms with Gasteiger partial charge in [-0.1, -0.05) is 68.4 Å². The number of β-amino-alcohol motifs (C(OH)–C–C–N with tert-alkyl or cyclic N) is 1. The Labute approximate surface area is 210 Å². The highest BCUT2D eigenvalue weighted by Gasteiger charge is 2.20. The van der Waals surface area contributed by atoms with E-state index in [1.165, 1.54) is 16.7 Å². The number of benzene rings is 3. The lowest BCUT2D eigenvalue weighted by molar-refractivity contribution is -0.00416. The largest absolute Gasteiger partial charge is 0.389 e. The van der Waals surface area contributed by atoms with E-state index in [0.29, 0.717) is 24.4 Å². The van der Waals surface area contributed by atoms with E-state index in [1.54, 1.807) is 19.1 Å². The van der Waals surface area contributed by atoms with Gasteiger partial charge in [0.05, 0.1) is 18.8 Å². The van der Waals surface area contributed by atoms with Gasteiger partial charge in [0.25, 0.3) is 0 Å². The van der Waals surface area contributed by atoms with Crippen LogP contribution in [-0.4, -0.2) is 29.9 Å². The Kier molecular flexibility index (Phi) is 9.23. The third-order valence-corrected chi connectivity index (χ3v) is 6.49. The summed E-state index contributed by atoms with van der Waals surface area (Å²) >= 11 is 0. The smallest absolute Gasteiger partial charge is 0.126 e. The molecule has 0 aromatic heterocycles. The number of ether oxygens (including phenoxy) is 1. The minimum absolute atomic E-state index is 0.139. The highest BCUT2D eigenvalue weighted by molar-refractivity contribution is 5.68. The Morgan fingerprint density at radius 1 is 0.971 bits per heavy atom. The standard InChI is InChI=1S/C31H40FNO2/c1-21(2)28-12-7-8-13-29(28)26-11-9-10-25(17-26)23(4)35-20-27(34)19-33-31(5,6)18-24-15-14-22(3)30(32)16-24/h7-17,21,23,27,33-34H,18-20H2,1-6H3/t23?,27-/m1/s1. The van der Waals surface area contributed by atoms with E-state index in [0.717, 1.165) is 11.1 Å². The second-order valence-corrected chi connectivity index (χ2v) is 10.5. The van der Waals surface area contributed by atoms with E-state index in [2.05, 4.69) is 81.5 Å². The van der Waals surface area contributed by atoms with Gasteiger partial charge in [-0.15, -0.1) is 0 Å². The maximum Gasteiger partial charge on any atom is 0.126 e. The summed E-state index contributed by atoms with van der Waals surface area (Å²) in [7, 11) is 0. The molecule has 0 fully saturated rings. The highest BCUT2D eigenvalue weighted by atomic mass is 19.1. The maximum atomic E-state index is 13.9. The molecule has 0 spiro atoms. The lowest BCUT2D eigenvalue weighted by Crippen LogP contribution is -2.46. The molecule has 35 heavy (non-hydrogen) atoms. The number of nitrogens with one attached hydrogen (secondary N) is 1. The van der Waals surface area contributed by atoms with Gasteiger partial charge in [0, 0.05) is 12.1 Å². The average Bonchev–Trinajstić information content (AvgIpc) is 2.83. The third-order valence-electron chi connectivity index (χ3n) is 6.49. The van der Waals surface area contributed by atoms with Gasteiger partial charge in [-0.2, -0.15) is 0 Å². The molecule has 3 aromatic carbocycles. The summed E-state index contributed by atoms with van der Waals surface area (Å²) in [6, 6.07) is 22.3.